The lowest BCUT2D eigenvalue weighted by molar-refractivity contribution is -0.0720. The number of β-amino-alcohol motifs (C(OH)–C–C–N with tert-alkyl or cyclic N) is 1. The summed E-state index contributed by atoms with van der Waals surface area (Å²) in [5, 5.41) is 10.8. The van der Waals surface area contributed by atoms with Gasteiger partial charge in [-0.3, -0.25) is 9.69 Å². The molecule has 0 saturated carbocycles. The van der Waals surface area contributed by atoms with Crippen LogP contribution in [0.3, 0.4) is 0 Å². The largest absolute Gasteiger partial charge is 0.387 e. The molecule has 2 fully saturated rings. The Morgan fingerprint density at radius 2 is 1.96 bits per heavy atom. The summed E-state index contributed by atoms with van der Waals surface area (Å²) < 4.78 is 26.5. The molecule has 0 unspecified atom stereocenters. The van der Waals surface area contributed by atoms with Gasteiger partial charge in [0.05, 0.1) is 12.1 Å². The molecule has 132 valence electrons. The number of amides is 1. The number of aryl methyl sites for hydroxylation is 1. The number of hydrogen-bond acceptors (Lipinski definition) is 4. The molecule has 1 amide bonds. The van der Waals surface area contributed by atoms with Crippen molar-refractivity contribution in [1.29, 1.82) is 0 Å². The first-order valence-electron chi connectivity index (χ1n) is 8.32. The van der Waals surface area contributed by atoms with Crippen LogP contribution in [0.25, 0.3) is 0 Å². The van der Waals surface area contributed by atoms with Crippen LogP contribution in [0.2, 0.25) is 0 Å². The molecule has 3 heterocycles. The fourth-order valence-electron chi connectivity index (χ4n) is 3.44. The van der Waals surface area contributed by atoms with Gasteiger partial charge >= 0.3 is 0 Å². The number of carbonyl (C=O) groups is 1. The van der Waals surface area contributed by atoms with Crippen molar-refractivity contribution in [1.82, 2.24) is 14.8 Å². The van der Waals surface area contributed by atoms with E-state index in [1.807, 2.05) is 17.9 Å². The third-order valence-corrected chi connectivity index (χ3v) is 4.83. The highest BCUT2D eigenvalue weighted by Crippen LogP contribution is 2.30. The second-order valence-corrected chi connectivity index (χ2v) is 7.00. The molecule has 1 aromatic heterocycles. The highest BCUT2D eigenvalue weighted by molar-refractivity contribution is 5.92. The van der Waals surface area contributed by atoms with Gasteiger partial charge in [0.2, 0.25) is 0 Å². The molecule has 1 aromatic rings. The van der Waals surface area contributed by atoms with Crippen LogP contribution in [0.1, 0.15) is 35.4 Å². The van der Waals surface area contributed by atoms with E-state index in [-0.39, 0.29) is 38.4 Å². The van der Waals surface area contributed by atoms with E-state index < -0.39 is 11.5 Å². The molecule has 2 saturated heterocycles. The Morgan fingerprint density at radius 1 is 1.25 bits per heavy atom. The lowest BCUT2D eigenvalue weighted by atomic mass is 10.00. The molecule has 0 bridgehead atoms. The number of pyridine rings is 1. The Balaban J connectivity index is 1.59. The molecule has 1 N–H and O–H groups in total. The van der Waals surface area contributed by atoms with Gasteiger partial charge < -0.3 is 10.0 Å². The zero-order chi connectivity index (χ0) is 17.4. The molecule has 7 heteroatoms. The third-order valence-electron chi connectivity index (χ3n) is 4.83. The molecule has 2 aliphatic heterocycles. The van der Waals surface area contributed by atoms with Gasteiger partial charge in [0.1, 0.15) is 5.69 Å². The lowest BCUT2D eigenvalue weighted by Gasteiger charge is -2.36. The molecule has 0 aromatic carbocycles. The van der Waals surface area contributed by atoms with Crippen molar-refractivity contribution in [2.75, 3.05) is 32.7 Å². The molecule has 5 nitrogen and oxygen atoms in total. The van der Waals surface area contributed by atoms with Gasteiger partial charge in [0, 0.05) is 44.7 Å². The van der Waals surface area contributed by atoms with E-state index in [4.69, 9.17) is 0 Å². The molecule has 3 rings (SSSR count). The quantitative estimate of drug-likeness (QED) is 0.911. The topological polar surface area (TPSA) is 56.7 Å². The van der Waals surface area contributed by atoms with Crippen LogP contribution < -0.4 is 0 Å². The van der Waals surface area contributed by atoms with E-state index in [1.165, 1.54) is 0 Å². The Labute approximate surface area is 140 Å². The van der Waals surface area contributed by atoms with E-state index >= 15 is 0 Å². The number of likely N-dealkylation sites (tertiary alicyclic amines) is 2. The summed E-state index contributed by atoms with van der Waals surface area (Å²) in [4.78, 5) is 20.2. The van der Waals surface area contributed by atoms with Crippen molar-refractivity contribution in [2.24, 2.45) is 0 Å². The van der Waals surface area contributed by atoms with E-state index in [0.29, 0.717) is 25.2 Å². The summed E-state index contributed by atoms with van der Waals surface area (Å²) in [6.45, 7) is 3.38. The summed E-state index contributed by atoms with van der Waals surface area (Å²) in [5.41, 5.74) is 0.105. The van der Waals surface area contributed by atoms with Gasteiger partial charge in [-0.25, -0.2) is 13.8 Å². The maximum Gasteiger partial charge on any atom is 0.272 e. The monoisotopic (exact) mass is 339 g/mol. The first-order chi connectivity index (χ1) is 11.3. The SMILES string of the molecule is Cc1cccc(C(=O)N2CC[C@](O)(CN3CCC(F)(F)CC3)C2)n1. The van der Waals surface area contributed by atoms with Crippen molar-refractivity contribution in [2.45, 2.75) is 37.7 Å². The fourth-order valence-corrected chi connectivity index (χ4v) is 3.44. The van der Waals surface area contributed by atoms with Crippen LogP contribution in [0, 0.1) is 6.92 Å². The van der Waals surface area contributed by atoms with Crippen LogP contribution in [-0.2, 0) is 0 Å². The average Bonchev–Trinajstić information content (AvgIpc) is 2.91. The Morgan fingerprint density at radius 3 is 2.62 bits per heavy atom. The summed E-state index contributed by atoms with van der Waals surface area (Å²) in [6.07, 6.45) is 0.120. The normalized spacial score (nSPS) is 27.4. The van der Waals surface area contributed by atoms with Gasteiger partial charge in [-0.05, 0) is 25.5 Å². The summed E-state index contributed by atoms with van der Waals surface area (Å²) in [5.74, 6) is -2.78. The molecular formula is C17H23F2N3O2. The Kier molecular flexibility index (Phi) is 4.57. The van der Waals surface area contributed by atoms with Crippen molar-refractivity contribution in [3.8, 4) is 0 Å². The van der Waals surface area contributed by atoms with E-state index in [2.05, 4.69) is 4.98 Å². The minimum atomic E-state index is -2.59. The highest BCUT2D eigenvalue weighted by atomic mass is 19.3. The van der Waals surface area contributed by atoms with Crippen LogP contribution >= 0.6 is 0 Å². The predicted octanol–water partition coefficient (Wildman–Crippen LogP) is 1.70. The lowest BCUT2D eigenvalue weighted by Crippen LogP contribution is -2.49. The molecule has 1 atom stereocenters. The van der Waals surface area contributed by atoms with Crippen LogP contribution in [0.4, 0.5) is 8.78 Å². The minimum absolute atomic E-state index is 0.168. The third kappa shape index (κ3) is 3.89. The average molecular weight is 339 g/mol. The zero-order valence-electron chi connectivity index (χ0n) is 13.8. The second-order valence-electron chi connectivity index (χ2n) is 7.00. The highest BCUT2D eigenvalue weighted by Gasteiger charge is 2.42. The fraction of sp³-hybridized carbons (Fsp3) is 0.647. The summed E-state index contributed by atoms with van der Waals surface area (Å²) >= 11 is 0. The zero-order valence-corrected chi connectivity index (χ0v) is 13.8. The van der Waals surface area contributed by atoms with E-state index in [0.717, 1.165) is 5.69 Å². The number of halogens is 2. The number of aromatic nitrogens is 1. The van der Waals surface area contributed by atoms with Crippen LogP contribution in [0.5, 0.6) is 0 Å². The first-order valence-corrected chi connectivity index (χ1v) is 8.32. The molecule has 0 aliphatic carbocycles. The van der Waals surface area contributed by atoms with Gasteiger partial charge in [-0.15, -0.1) is 0 Å². The van der Waals surface area contributed by atoms with Gasteiger partial charge in [-0.1, -0.05) is 6.07 Å². The molecule has 24 heavy (non-hydrogen) atoms. The van der Waals surface area contributed by atoms with E-state index in [9.17, 15) is 18.7 Å². The number of piperidine rings is 1. The second kappa shape index (κ2) is 6.37. The van der Waals surface area contributed by atoms with Crippen molar-refractivity contribution in [3.63, 3.8) is 0 Å². The Bertz CT molecular complexity index is 616. The van der Waals surface area contributed by atoms with Crippen LogP contribution in [-0.4, -0.2) is 70.0 Å². The van der Waals surface area contributed by atoms with Gasteiger partial charge in [0.15, 0.2) is 0 Å². The smallest absolute Gasteiger partial charge is 0.272 e. The number of alkyl halides is 2. The minimum Gasteiger partial charge on any atom is -0.387 e. The number of rotatable bonds is 3. The molecular weight excluding hydrogens is 316 g/mol. The predicted molar refractivity (Wildman–Crippen MR) is 85.1 cm³/mol. The van der Waals surface area contributed by atoms with Crippen LogP contribution in [0.15, 0.2) is 18.2 Å². The Hall–Kier alpha value is -1.60. The summed E-state index contributed by atoms with van der Waals surface area (Å²) in [7, 11) is 0. The van der Waals surface area contributed by atoms with E-state index in [1.54, 1.807) is 17.0 Å². The maximum absolute atomic E-state index is 13.2. The van der Waals surface area contributed by atoms with Gasteiger partial charge in [-0.2, -0.15) is 0 Å². The summed E-state index contributed by atoms with van der Waals surface area (Å²) in [6, 6.07) is 5.27. The first kappa shape index (κ1) is 17.2. The van der Waals surface area contributed by atoms with Crippen molar-refractivity contribution < 1.29 is 18.7 Å². The number of nitrogens with zero attached hydrogens (tertiary/aromatic N) is 3. The number of hydrogen-bond donors (Lipinski definition) is 1. The van der Waals surface area contributed by atoms with Crippen molar-refractivity contribution in [3.05, 3.63) is 29.6 Å². The molecule has 0 spiro atoms. The number of aliphatic hydroxyl groups is 1. The van der Waals surface area contributed by atoms with Gasteiger partial charge in [0.25, 0.3) is 11.8 Å². The standard InChI is InChI=1S/C17H23F2N3O2/c1-13-3-2-4-14(20-13)15(23)22-10-5-16(24,12-22)11-21-8-6-17(18,19)7-9-21/h2-4,24H,5-12H2,1H3/t16-/m0/s1. The maximum atomic E-state index is 13.2. The molecule has 0 radical (unpaired) electrons. The van der Waals surface area contributed by atoms with Crippen molar-refractivity contribution >= 4 is 5.91 Å². The number of carbonyl (C=O) groups excluding carboxylic acids is 1. The molecule has 2 aliphatic rings.